The van der Waals surface area contributed by atoms with Gasteiger partial charge >= 0.3 is 0 Å². The van der Waals surface area contributed by atoms with Gasteiger partial charge in [0.1, 0.15) is 0 Å². The first-order valence-corrected chi connectivity index (χ1v) is 5.68. The van der Waals surface area contributed by atoms with Gasteiger partial charge in [-0.25, -0.2) is 0 Å². The molecule has 1 rings (SSSR count). The van der Waals surface area contributed by atoms with Gasteiger partial charge in [0, 0.05) is 25.2 Å². The van der Waals surface area contributed by atoms with Crippen LogP contribution >= 0.6 is 0 Å². The van der Waals surface area contributed by atoms with Gasteiger partial charge in [-0.05, 0) is 26.7 Å². The Labute approximate surface area is 91.6 Å². The van der Waals surface area contributed by atoms with Crippen molar-refractivity contribution < 1.29 is 9.90 Å². The fourth-order valence-corrected chi connectivity index (χ4v) is 2.03. The van der Waals surface area contributed by atoms with Gasteiger partial charge in [0.05, 0.1) is 6.04 Å². The number of aliphatic hydroxyl groups is 1. The van der Waals surface area contributed by atoms with E-state index in [1.807, 2.05) is 4.90 Å². The van der Waals surface area contributed by atoms with Crippen LogP contribution in [0.5, 0.6) is 0 Å². The molecule has 4 nitrogen and oxygen atoms in total. The molecule has 2 N–H and O–H groups in total. The van der Waals surface area contributed by atoms with Crippen LogP contribution in [0.25, 0.3) is 0 Å². The van der Waals surface area contributed by atoms with Crippen LogP contribution in [0.4, 0.5) is 0 Å². The van der Waals surface area contributed by atoms with Gasteiger partial charge in [-0.1, -0.05) is 6.92 Å². The van der Waals surface area contributed by atoms with E-state index in [4.69, 9.17) is 5.11 Å². The third kappa shape index (κ3) is 2.69. The Kier molecular flexibility index (Phi) is 4.11. The number of nitrogens with one attached hydrogen (secondary N) is 1. The summed E-state index contributed by atoms with van der Waals surface area (Å²) in [7, 11) is 0. The second kappa shape index (κ2) is 4.94. The summed E-state index contributed by atoms with van der Waals surface area (Å²) < 4.78 is 0. The van der Waals surface area contributed by atoms with Crippen molar-refractivity contribution in [3.05, 3.63) is 0 Å². The van der Waals surface area contributed by atoms with Gasteiger partial charge in [0.2, 0.25) is 5.91 Å². The van der Waals surface area contributed by atoms with Gasteiger partial charge in [0.15, 0.2) is 0 Å². The molecule has 0 aromatic carbocycles. The standard InChI is InChI=1S/C11H22N2O2/c1-4-6-13-10(15)9(5-7-14)12-8-11(13,2)3/h9,12,14H,4-8H2,1-3H3. The van der Waals surface area contributed by atoms with Gasteiger partial charge in [-0.3, -0.25) is 4.79 Å². The highest BCUT2D eigenvalue weighted by Crippen LogP contribution is 2.20. The Bertz CT molecular complexity index is 229. The molecule has 0 spiro atoms. The Morgan fingerprint density at radius 3 is 2.80 bits per heavy atom. The fourth-order valence-electron chi connectivity index (χ4n) is 2.03. The normalized spacial score (nSPS) is 25.7. The molecular weight excluding hydrogens is 192 g/mol. The minimum Gasteiger partial charge on any atom is -0.396 e. The van der Waals surface area contributed by atoms with Gasteiger partial charge in [-0.15, -0.1) is 0 Å². The highest BCUT2D eigenvalue weighted by Gasteiger charge is 2.38. The minimum absolute atomic E-state index is 0.0593. The van der Waals surface area contributed by atoms with Crippen LogP contribution in [0, 0.1) is 0 Å². The van der Waals surface area contributed by atoms with Crippen molar-refractivity contribution in [1.82, 2.24) is 10.2 Å². The topological polar surface area (TPSA) is 52.6 Å². The first-order valence-electron chi connectivity index (χ1n) is 5.68. The van der Waals surface area contributed by atoms with E-state index in [0.717, 1.165) is 19.5 Å². The molecule has 0 saturated carbocycles. The Hall–Kier alpha value is -0.610. The minimum atomic E-state index is -0.199. The van der Waals surface area contributed by atoms with Crippen molar-refractivity contribution in [2.45, 2.75) is 45.2 Å². The molecule has 4 heteroatoms. The van der Waals surface area contributed by atoms with Crippen LogP contribution in [0.3, 0.4) is 0 Å². The quantitative estimate of drug-likeness (QED) is 0.710. The molecule has 0 aromatic heterocycles. The summed E-state index contributed by atoms with van der Waals surface area (Å²) in [5, 5.41) is 12.1. The molecule has 0 aromatic rings. The van der Waals surface area contributed by atoms with Crippen LogP contribution in [0.15, 0.2) is 0 Å². The highest BCUT2D eigenvalue weighted by atomic mass is 16.3. The van der Waals surface area contributed by atoms with Crippen molar-refractivity contribution in [2.24, 2.45) is 0 Å². The molecule has 1 aliphatic heterocycles. The number of hydrogen-bond donors (Lipinski definition) is 2. The summed E-state index contributed by atoms with van der Waals surface area (Å²) >= 11 is 0. The lowest BCUT2D eigenvalue weighted by molar-refractivity contribution is -0.143. The van der Waals surface area contributed by atoms with E-state index in [-0.39, 0.29) is 24.1 Å². The van der Waals surface area contributed by atoms with E-state index in [0.29, 0.717) is 6.42 Å². The van der Waals surface area contributed by atoms with Gasteiger partial charge in [0.25, 0.3) is 0 Å². The van der Waals surface area contributed by atoms with Crippen LogP contribution in [-0.4, -0.2) is 47.2 Å². The molecule has 1 aliphatic rings. The van der Waals surface area contributed by atoms with Gasteiger partial charge < -0.3 is 15.3 Å². The maximum atomic E-state index is 12.1. The number of piperazine rings is 1. The third-order valence-electron chi connectivity index (χ3n) is 2.94. The van der Waals surface area contributed by atoms with E-state index in [2.05, 4.69) is 26.1 Å². The fraction of sp³-hybridized carbons (Fsp3) is 0.909. The summed E-state index contributed by atoms with van der Waals surface area (Å²) in [6.45, 7) is 7.88. The van der Waals surface area contributed by atoms with Crippen LogP contribution < -0.4 is 5.32 Å². The van der Waals surface area contributed by atoms with Crippen molar-refractivity contribution in [1.29, 1.82) is 0 Å². The molecular formula is C11H22N2O2. The highest BCUT2D eigenvalue weighted by molar-refractivity contribution is 5.83. The average molecular weight is 214 g/mol. The van der Waals surface area contributed by atoms with Crippen LogP contribution in [0.2, 0.25) is 0 Å². The summed E-state index contributed by atoms with van der Waals surface area (Å²) in [4.78, 5) is 14.0. The lowest BCUT2D eigenvalue weighted by atomic mass is 9.95. The second-order valence-corrected chi connectivity index (χ2v) is 4.75. The molecule has 1 fully saturated rings. The van der Waals surface area contributed by atoms with Crippen LogP contribution in [0.1, 0.15) is 33.6 Å². The summed E-state index contributed by atoms with van der Waals surface area (Å²) in [5.41, 5.74) is -0.112. The molecule has 88 valence electrons. The number of amides is 1. The zero-order chi connectivity index (χ0) is 11.5. The van der Waals surface area contributed by atoms with E-state index in [1.54, 1.807) is 0 Å². The second-order valence-electron chi connectivity index (χ2n) is 4.75. The molecule has 1 heterocycles. The maximum Gasteiger partial charge on any atom is 0.240 e. The molecule has 0 bridgehead atoms. The smallest absolute Gasteiger partial charge is 0.240 e. The van der Waals surface area contributed by atoms with Crippen LogP contribution in [-0.2, 0) is 4.79 Å². The van der Waals surface area contributed by atoms with Crippen molar-refractivity contribution >= 4 is 5.91 Å². The van der Waals surface area contributed by atoms with E-state index in [9.17, 15) is 4.79 Å². The zero-order valence-electron chi connectivity index (χ0n) is 9.92. The van der Waals surface area contributed by atoms with E-state index in [1.165, 1.54) is 0 Å². The van der Waals surface area contributed by atoms with Crippen molar-refractivity contribution in [3.8, 4) is 0 Å². The zero-order valence-corrected chi connectivity index (χ0v) is 9.92. The predicted molar refractivity (Wildman–Crippen MR) is 59.6 cm³/mol. The molecule has 0 radical (unpaired) electrons. The van der Waals surface area contributed by atoms with E-state index >= 15 is 0 Å². The van der Waals surface area contributed by atoms with E-state index < -0.39 is 0 Å². The molecule has 15 heavy (non-hydrogen) atoms. The summed E-state index contributed by atoms with van der Waals surface area (Å²) in [6, 6.07) is -0.199. The first kappa shape index (κ1) is 12.5. The SMILES string of the molecule is CCCN1C(=O)C(CCO)NCC1(C)C. The lowest BCUT2D eigenvalue weighted by Crippen LogP contribution is -2.65. The molecule has 1 amide bonds. The number of rotatable bonds is 4. The largest absolute Gasteiger partial charge is 0.396 e. The predicted octanol–water partition coefficient (Wildman–Crippen LogP) is 0.358. The number of nitrogens with zero attached hydrogens (tertiary/aromatic N) is 1. The molecule has 1 unspecified atom stereocenters. The maximum absolute atomic E-state index is 12.1. The Morgan fingerprint density at radius 1 is 1.60 bits per heavy atom. The summed E-state index contributed by atoms with van der Waals surface area (Å²) in [6.07, 6.45) is 1.48. The van der Waals surface area contributed by atoms with Gasteiger partial charge in [-0.2, -0.15) is 0 Å². The molecule has 1 atom stereocenters. The lowest BCUT2D eigenvalue weighted by Gasteiger charge is -2.45. The number of carbonyl (C=O) groups is 1. The monoisotopic (exact) mass is 214 g/mol. The molecule has 1 saturated heterocycles. The average Bonchev–Trinajstić information content (AvgIpc) is 2.17. The number of hydrogen-bond acceptors (Lipinski definition) is 3. The summed E-state index contributed by atoms with van der Waals surface area (Å²) in [5.74, 6) is 0.127. The van der Waals surface area contributed by atoms with Crippen molar-refractivity contribution in [2.75, 3.05) is 19.7 Å². The first-order chi connectivity index (χ1) is 7.03. The Morgan fingerprint density at radius 2 is 2.27 bits per heavy atom. The number of aliphatic hydroxyl groups excluding tert-OH is 1. The Balaban J connectivity index is 2.72. The number of carbonyl (C=O) groups excluding carboxylic acids is 1. The molecule has 0 aliphatic carbocycles. The third-order valence-corrected chi connectivity index (χ3v) is 2.94. The van der Waals surface area contributed by atoms with Crippen molar-refractivity contribution in [3.63, 3.8) is 0 Å².